The lowest BCUT2D eigenvalue weighted by Crippen LogP contribution is -2.15. The van der Waals surface area contributed by atoms with Crippen LogP contribution in [0.5, 0.6) is 11.5 Å². The molecular formula is C18H27O6P. The molecule has 0 unspecified atom stereocenters. The van der Waals surface area contributed by atoms with Crippen molar-refractivity contribution in [1.82, 2.24) is 0 Å². The Bertz CT molecular complexity index is 539. The molecule has 0 fully saturated rings. The Morgan fingerprint density at radius 3 is 1.56 bits per heavy atom. The van der Waals surface area contributed by atoms with Gasteiger partial charge in [0.2, 0.25) is 0 Å². The highest BCUT2D eigenvalue weighted by Crippen LogP contribution is 2.55. The van der Waals surface area contributed by atoms with Gasteiger partial charge in [-0.05, 0) is 20.1 Å². The van der Waals surface area contributed by atoms with Crippen LogP contribution >= 0.6 is 7.92 Å². The fraction of sp³-hybridized carbons (Fsp3) is 0.444. The van der Waals surface area contributed by atoms with Crippen molar-refractivity contribution in [2.75, 3.05) is 55.9 Å². The fourth-order valence-electron chi connectivity index (χ4n) is 2.39. The lowest BCUT2D eigenvalue weighted by atomic mass is 10.3. The number of hydrogen-bond donors (Lipinski definition) is 0. The quantitative estimate of drug-likeness (QED) is 0.441. The normalized spacial score (nSPS) is 13.4. The highest BCUT2D eigenvalue weighted by Gasteiger charge is 2.28. The summed E-state index contributed by atoms with van der Waals surface area (Å²) >= 11 is 0. The Kier molecular flexibility index (Phi) is 10.0. The second-order valence-corrected chi connectivity index (χ2v) is 7.17. The van der Waals surface area contributed by atoms with Crippen LogP contribution in [0.25, 0.3) is 0 Å². The van der Waals surface area contributed by atoms with Crippen molar-refractivity contribution in [3.05, 3.63) is 41.4 Å². The van der Waals surface area contributed by atoms with Gasteiger partial charge >= 0.3 is 0 Å². The summed E-state index contributed by atoms with van der Waals surface area (Å²) in [7, 11) is 8.70. The molecule has 0 bridgehead atoms. The number of ether oxygens (including phenoxy) is 6. The zero-order valence-electron chi connectivity index (χ0n) is 15.7. The topological polar surface area (TPSA) is 55.4 Å². The van der Waals surface area contributed by atoms with Crippen molar-refractivity contribution < 1.29 is 28.4 Å². The molecule has 0 radical (unpaired) electrons. The van der Waals surface area contributed by atoms with Crippen LogP contribution in [0, 0.1) is 0 Å². The smallest absolute Gasteiger partial charge is 0.130 e. The summed E-state index contributed by atoms with van der Waals surface area (Å²) in [5, 5.41) is 2.81. The molecule has 1 aromatic carbocycles. The Morgan fingerprint density at radius 2 is 1.24 bits per heavy atom. The predicted octanol–water partition coefficient (Wildman–Crippen LogP) is 3.08. The van der Waals surface area contributed by atoms with E-state index < -0.39 is 7.92 Å². The van der Waals surface area contributed by atoms with Crippen LogP contribution in [0.3, 0.4) is 0 Å². The summed E-state index contributed by atoms with van der Waals surface area (Å²) in [6.07, 6.45) is 3.39. The Balaban J connectivity index is 3.66. The maximum absolute atomic E-state index is 5.60. The van der Waals surface area contributed by atoms with Gasteiger partial charge in [-0.15, -0.1) is 0 Å². The molecule has 0 N–H and O–H groups in total. The number of methoxy groups -OCH3 is 6. The van der Waals surface area contributed by atoms with E-state index in [2.05, 4.69) is 0 Å². The number of rotatable bonds is 11. The van der Waals surface area contributed by atoms with Crippen LogP contribution in [0.4, 0.5) is 0 Å². The summed E-state index contributed by atoms with van der Waals surface area (Å²) in [5.41, 5.74) is 0. The summed E-state index contributed by atoms with van der Waals surface area (Å²) < 4.78 is 32.6. The molecule has 0 spiro atoms. The maximum Gasteiger partial charge on any atom is 0.130 e. The standard InChI is InChI=1S/C18H27O6P/c1-19-10-14(11-20-2)25(15(12-21-3)13-22-4)18-16(23-5)8-7-9-17(18)24-6/h7-10,12H,11,13H2,1-6H3/b14-10-,15-12-. The molecule has 0 amide bonds. The zero-order valence-corrected chi connectivity index (χ0v) is 16.6. The SMILES string of the molecule is CO/C=C(/COC)P(/C(=C\OC)COC)c1c(OC)cccc1OC. The molecule has 0 saturated heterocycles. The highest BCUT2D eigenvalue weighted by atomic mass is 31.1. The van der Waals surface area contributed by atoms with Crippen LogP contribution in [0.15, 0.2) is 41.4 Å². The first-order valence-electron chi connectivity index (χ1n) is 7.61. The van der Waals surface area contributed by atoms with Crippen molar-refractivity contribution in [2.45, 2.75) is 0 Å². The summed E-state index contributed by atoms with van der Waals surface area (Å²) in [6, 6.07) is 5.70. The molecule has 0 atom stereocenters. The van der Waals surface area contributed by atoms with Crippen molar-refractivity contribution >= 4 is 13.2 Å². The molecule has 0 aromatic heterocycles. The number of benzene rings is 1. The van der Waals surface area contributed by atoms with E-state index in [1.807, 2.05) is 18.2 Å². The molecule has 0 aliphatic carbocycles. The van der Waals surface area contributed by atoms with Gasteiger partial charge in [-0.25, -0.2) is 0 Å². The first-order chi connectivity index (χ1) is 12.2. The second kappa shape index (κ2) is 11.7. The van der Waals surface area contributed by atoms with Gasteiger partial charge in [-0.1, -0.05) is 6.07 Å². The van der Waals surface area contributed by atoms with Gasteiger partial charge in [0, 0.05) is 24.8 Å². The molecular weight excluding hydrogens is 343 g/mol. The number of hydrogen-bond acceptors (Lipinski definition) is 6. The molecule has 140 valence electrons. The van der Waals surface area contributed by atoms with Gasteiger partial charge < -0.3 is 28.4 Å². The molecule has 1 aromatic rings. The summed E-state index contributed by atoms with van der Waals surface area (Å²) in [4.78, 5) is 0. The minimum absolute atomic E-state index is 0.394. The molecule has 0 aliphatic heterocycles. The fourth-order valence-corrected chi connectivity index (χ4v) is 5.05. The Labute approximate surface area is 151 Å². The average Bonchev–Trinajstić information content (AvgIpc) is 2.62. The average molecular weight is 370 g/mol. The van der Waals surface area contributed by atoms with Gasteiger partial charge in [0.15, 0.2) is 0 Å². The van der Waals surface area contributed by atoms with Gasteiger partial charge in [0.25, 0.3) is 0 Å². The van der Waals surface area contributed by atoms with E-state index in [1.54, 1.807) is 55.2 Å². The van der Waals surface area contributed by atoms with E-state index in [4.69, 9.17) is 28.4 Å². The monoisotopic (exact) mass is 370 g/mol. The van der Waals surface area contributed by atoms with E-state index in [0.717, 1.165) is 27.4 Å². The molecule has 0 heterocycles. The lowest BCUT2D eigenvalue weighted by molar-refractivity contribution is 0.223. The molecule has 1 rings (SSSR count). The second-order valence-electron chi connectivity index (χ2n) is 4.90. The van der Waals surface area contributed by atoms with Crippen molar-refractivity contribution in [1.29, 1.82) is 0 Å². The van der Waals surface area contributed by atoms with E-state index in [9.17, 15) is 0 Å². The van der Waals surface area contributed by atoms with Crippen LogP contribution in [-0.2, 0) is 18.9 Å². The molecule has 6 nitrogen and oxygen atoms in total. The Morgan fingerprint density at radius 1 is 0.800 bits per heavy atom. The minimum Gasteiger partial charge on any atom is -0.504 e. The third-order valence-electron chi connectivity index (χ3n) is 3.29. The van der Waals surface area contributed by atoms with E-state index in [-0.39, 0.29) is 0 Å². The van der Waals surface area contributed by atoms with Gasteiger partial charge in [0.1, 0.15) is 11.5 Å². The van der Waals surface area contributed by atoms with Crippen LogP contribution < -0.4 is 14.8 Å². The van der Waals surface area contributed by atoms with Crippen LogP contribution in [-0.4, -0.2) is 55.9 Å². The first-order valence-corrected chi connectivity index (χ1v) is 8.95. The van der Waals surface area contributed by atoms with E-state index in [1.165, 1.54) is 0 Å². The molecule has 25 heavy (non-hydrogen) atoms. The van der Waals surface area contributed by atoms with Gasteiger partial charge in [-0.2, -0.15) is 0 Å². The predicted molar refractivity (Wildman–Crippen MR) is 100 cm³/mol. The van der Waals surface area contributed by atoms with Crippen molar-refractivity contribution in [3.8, 4) is 11.5 Å². The summed E-state index contributed by atoms with van der Waals surface area (Å²) in [6.45, 7) is 0.789. The lowest BCUT2D eigenvalue weighted by Gasteiger charge is -2.26. The maximum atomic E-state index is 5.60. The molecule has 0 saturated carbocycles. The third-order valence-corrected chi connectivity index (χ3v) is 5.80. The van der Waals surface area contributed by atoms with Crippen LogP contribution in [0.2, 0.25) is 0 Å². The Hall–Kier alpha value is -1.75. The zero-order chi connectivity index (χ0) is 18.7. The van der Waals surface area contributed by atoms with Gasteiger partial charge in [-0.3, -0.25) is 0 Å². The molecule has 0 aliphatic rings. The van der Waals surface area contributed by atoms with Crippen molar-refractivity contribution in [2.24, 2.45) is 0 Å². The highest BCUT2D eigenvalue weighted by molar-refractivity contribution is 7.74. The van der Waals surface area contributed by atoms with Gasteiger partial charge in [0.05, 0.1) is 59.5 Å². The van der Waals surface area contributed by atoms with E-state index >= 15 is 0 Å². The first kappa shape index (κ1) is 21.3. The van der Waals surface area contributed by atoms with E-state index in [0.29, 0.717) is 13.2 Å². The largest absolute Gasteiger partial charge is 0.504 e. The molecule has 7 heteroatoms. The minimum atomic E-state index is -1.09. The summed E-state index contributed by atoms with van der Waals surface area (Å²) in [5.74, 6) is 1.45. The van der Waals surface area contributed by atoms with Crippen LogP contribution in [0.1, 0.15) is 0 Å². The van der Waals surface area contributed by atoms with Crippen molar-refractivity contribution in [3.63, 3.8) is 0 Å². The third kappa shape index (κ3) is 5.63.